The summed E-state index contributed by atoms with van der Waals surface area (Å²) < 4.78 is 0. The molecule has 1 aliphatic rings. The highest BCUT2D eigenvalue weighted by Crippen LogP contribution is 2.20. The number of nitrogens with one attached hydrogen (secondary N) is 1. The molecule has 1 aromatic carbocycles. The van der Waals surface area contributed by atoms with Gasteiger partial charge in [-0.2, -0.15) is 0 Å². The number of likely N-dealkylation sites (tertiary alicyclic amines) is 1. The molecule has 1 saturated heterocycles. The monoisotopic (exact) mass is 280 g/mol. The lowest BCUT2D eigenvalue weighted by Crippen LogP contribution is -2.37. The van der Waals surface area contributed by atoms with Crippen LogP contribution in [-0.4, -0.2) is 30.4 Å². The van der Waals surface area contributed by atoms with Gasteiger partial charge >= 0.3 is 0 Å². The van der Waals surface area contributed by atoms with Gasteiger partial charge in [0, 0.05) is 24.2 Å². The van der Waals surface area contributed by atoms with Crippen LogP contribution in [0.1, 0.15) is 37.8 Å². The van der Waals surface area contributed by atoms with Gasteiger partial charge in [0.2, 0.25) is 5.91 Å². The Morgan fingerprint density at radius 2 is 2.16 bits per heavy atom. The van der Waals surface area contributed by atoms with E-state index < -0.39 is 0 Å². The van der Waals surface area contributed by atoms with Crippen LogP contribution in [0.15, 0.2) is 24.3 Å². The van der Waals surface area contributed by atoms with Crippen LogP contribution in [0.5, 0.6) is 0 Å². The Hall–Kier alpha value is -1.06. The summed E-state index contributed by atoms with van der Waals surface area (Å²) in [6.07, 6.45) is 3.21. The van der Waals surface area contributed by atoms with Gasteiger partial charge in [-0.25, -0.2) is 0 Å². The summed E-state index contributed by atoms with van der Waals surface area (Å²) in [4.78, 5) is 13.9. The van der Waals surface area contributed by atoms with Crippen molar-refractivity contribution in [3.63, 3.8) is 0 Å². The number of amides is 1. The van der Waals surface area contributed by atoms with Crippen LogP contribution >= 0.6 is 11.6 Å². The summed E-state index contributed by atoms with van der Waals surface area (Å²) in [5.41, 5.74) is 1.14. The summed E-state index contributed by atoms with van der Waals surface area (Å²) >= 11 is 6.01. The Labute approximate surface area is 119 Å². The molecule has 0 radical (unpaired) electrons. The molecule has 0 aliphatic carbocycles. The molecule has 1 aliphatic heterocycles. The first-order chi connectivity index (χ1) is 9.20. The van der Waals surface area contributed by atoms with E-state index in [1.54, 1.807) is 0 Å². The third-order valence-electron chi connectivity index (χ3n) is 3.62. The highest BCUT2D eigenvalue weighted by atomic mass is 35.5. The van der Waals surface area contributed by atoms with Gasteiger partial charge in [-0.1, -0.05) is 30.7 Å². The molecule has 0 aromatic heterocycles. The molecule has 1 atom stereocenters. The van der Waals surface area contributed by atoms with Crippen LogP contribution < -0.4 is 5.32 Å². The molecule has 0 saturated carbocycles. The van der Waals surface area contributed by atoms with Crippen LogP contribution in [0.3, 0.4) is 0 Å². The molecule has 104 valence electrons. The van der Waals surface area contributed by atoms with Gasteiger partial charge in [0.1, 0.15) is 0 Å². The molecule has 1 fully saturated rings. The number of carbonyl (C=O) groups is 1. The van der Waals surface area contributed by atoms with Crippen molar-refractivity contribution in [2.24, 2.45) is 0 Å². The van der Waals surface area contributed by atoms with E-state index in [4.69, 9.17) is 11.6 Å². The van der Waals surface area contributed by atoms with Crippen molar-refractivity contribution >= 4 is 17.5 Å². The lowest BCUT2D eigenvalue weighted by molar-refractivity contribution is -0.129. The first-order valence-electron chi connectivity index (χ1n) is 6.97. The lowest BCUT2D eigenvalue weighted by Gasteiger charge is -2.20. The number of benzene rings is 1. The van der Waals surface area contributed by atoms with Crippen LogP contribution in [0, 0.1) is 0 Å². The van der Waals surface area contributed by atoms with E-state index in [0.29, 0.717) is 6.54 Å². The standard InChI is InChI=1S/C15H21ClN2O/c1-2-14(12-6-5-7-13(16)10-12)17-11-15(19)18-8-3-4-9-18/h5-7,10,14,17H,2-4,8-9,11H2,1H3. The Balaban J connectivity index is 1.90. The van der Waals surface area contributed by atoms with Gasteiger partial charge in [-0.05, 0) is 37.0 Å². The van der Waals surface area contributed by atoms with Crippen molar-refractivity contribution < 1.29 is 4.79 Å². The lowest BCUT2D eigenvalue weighted by atomic mass is 10.0. The summed E-state index contributed by atoms with van der Waals surface area (Å²) in [5, 5.41) is 4.08. The van der Waals surface area contributed by atoms with E-state index in [-0.39, 0.29) is 11.9 Å². The predicted octanol–water partition coefficient (Wildman–Crippen LogP) is 3.00. The molecule has 0 bridgehead atoms. The molecule has 3 nitrogen and oxygen atoms in total. The maximum atomic E-state index is 12.0. The molecular weight excluding hydrogens is 260 g/mol. The zero-order chi connectivity index (χ0) is 13.7. The van der Waals surface area contributed by atoms with E-state index in [1.165, 1.54) is 0 Å². The van der Waals surface area contributed by atoms with E-state index in [9.17, 15) is 4.79 Å². The van der Waals surface area contributed by atoms with Gasteiger partial charge in [0.15, 0.2) is 0 Å². The normalized spacial score (nSPS) is 16.6. The Bertz CT molecular complexity index is 430. The SMILES string of the molecule is CCC(NCC(=O)N1CCCC1)c1cccc(Cl)c1. The second-order valence-corrected chi connectivity index (χ2v) is 5.42. The minimum atomic E-state index is 0.185. The fraction of sp³-hybridized carbons (Fsp3) is 0.533. The third-order valence-corrected chi connectivity index (χ3v) is 3.85. The Morgan fingerprint density at radius 1 is 1.42 bits per heavy atom. The first kappa shape index (κ1) is 14.4. The third kappa shape index (κ3) is 3.95. The number of hydrogen-bond acceptors (Lipinski definition) is 2. The minimum Gasteiger partial charge on any atom is -0.342 e. The van der Waals surface area contributed by atoms with Crippen molar-refractivity contribution in [1.29, 1.82) is 0 Å². The molecular formula is C15H21ClN2O. The van der Waals surface area contributed by atoms with Crippen molar-refractivity contribution in [2.45, 2.75) is 32.2 Å². The molecule has 4 heteroatoms. The summed E-state index contributed by atoms with van der Waals surface area (Å²) in [6, 6.07) is 8.01. The van der Waals surface area contributed by atoms with E-state index in [2.05, 4.69) is 12.2 Å². The van der Waals surface area contributed by atoms with Gasteiger partial charge in [-0.15, -0.1) is 0 Å². The van der Waals surface area contributed by atoms with Gasteiger partial charge in [0.05, 0.1) is 6.54 Å². The maximum absolute atomic E-state index is 12.0. The second kappa shape index (κ2) is 6.92. The molecule has 1 heterocycles. The summed E-state index contributed by atoms with van der Waals surface area (Å²) in [5.74, 6) is 0.206. The average Bonchev–Trinajstić information content (AvgIpc) is 2.93. The van der Waals surface area contributed by atoms with Crippen LogP contribution in [0.2, 0.25) is 5.02 Å². The summed E-state index contributed by atoms with van der Waals surface area (Å²) in [7, 11) is 0. The first-order valence-corrected chi connectivity index (χ1v) is 7.35. The van der Waals surface area contributed by atoms with Crippen molar-refractivity contribution in [3.05, 3.63) is 34.9 Å². The van der Waals surface area contributed by atoms with Gasteiger partial charge < -0.3 is 10.2 Å². The molecule has 2 rings (SSSR count). The van der Waals surface area contributed by atoms with Crippen molar-refractivity contribution in [3.8, 4) is 0 Å². The largest absolute Gasteiger partial charge is 0.342 e. The fourth-order valence-electron chi connectivity index (χ4n) is 2.51. The van der Waals surface area contributed by atoms with Crippen LogP contribution in [0.25, 0.3) is 0 Å². The molecule has 1 unspecified atom stereocenters. The Morgan fingerprint density at radius 3 is 2.79 bits per heavy atom. The number of carbonyl (C=O) groups excluding carboxylic acids is 1. The fourth-order valence-corrected chi connectivity index (χ4v) is 2.71. The van der Waals surface area contributed by atoms with Gasteiger partial charge in [-0.3, -0.25) is 4.79 Å². The molecule has 1 amide bonds. The maximum Gasteiger partial charge on any atom is 0.236 e. The topological polar surface area (TPSA) is 32.3 Å². The number of hydrogen-bond donors (Lipinski definition) is 1. The van der Waals surface area contributed by atoms with E-state index in [0.717, 1.165) is 42.9 Å². The number of nitrogens with zero attached hydrogens (tertiary/aromatic N) is 1. The smallest absolute Gasteiger partial charge is 0.236 e. The zero-order valence-corrected chi connectivity index (χ0v) is 12.1. The highest BCUT2D eigenvalue weighted by molar-refractivity contribution is 6.30. The predicted molar refractivity (Wildman–Crippen MR) is 78.3 cm³/mol. The van der Waals surface area contributed by atoms with Crippen LogP contribution in [0.4, 0.5) is 0 Å². The molecule has 19 heavy (non-hydrogen) atoms. The Kier molecular flexibility index (Phi) is 5.23. The minimum absolute atomic E-state index is 0.185. The van der Waals surface area contributed by atoms with Gasteiger partial charge in [0.25, 0.3) is 0 Å². The number of rotatable bonds is 5. The second-order valence-electron chi connectivity index (χ2n) is 4.98. The molecule has 0 spiro atoms. The van der Waals surface area contributed by atoms with Crippen molar-refractivity contribution in [2.75, 3.05) is 19.6 Å². The average molecular weight is 281 g/mol. The van der Waals surface area contributed by atoms with E-state index >= 15 is 0 Å². The van der Waals surface area contributed by atoms with Crippen molar-refractivity contribution in [1.82, 2.24) is 10.2 Å². The molecule has 1 aromatic rings. The quantitative estimate of drug-likeness (QED) is 0.899. The molecule has 1 N–H and O–H groups in total. The highest BCUT2D eigenvalue weighted by Gasteiger charge is 2.18. The van der Waals surface area contributed by atoms with Crippen LogP contribution in [-0.2, 0) is 4.79 Å². The van der Waals surface area contributed by atoms with E-state index in [1.807, 2.05) is 29.2 Å². The summed E-state index contributed by atoms with van der Waals surface area (Å²) in [6.45, 7) is 4.34. The zero-order valence-electron chi connectivity index (χ0n) is 11.4. The number of halogens is 1.